The Kier molecular flexibility index (Phi) is 4.64. The summed E-state index contributed by atoms with van der Waals surface area (Å²) in [6.07, 6.45) is 1.18. The molecule has 0 aromatic heterocycles. The minimum Gasteiger partial charge on any atom is -0.435 e. The van der Waals surface area contributed by atoms with Crippen LogP contribution in [-0.4, -0.2) is 40.7 Å². The predicted octanol–water partition coefficient (Wildman–Crippen LogP) is 2.43. The van der Waals surface area contributed by atoms with Gasteiger partial charge in [-0.3, -0.25) is 9.69 Å². The molecule has 2 N–H and O–H groups in total. The minimum atomic E-state index is -2.93. The van der Waals surface area contributed by atoms with Crippen LogP contribution in [0.3, 0.4) is 0 Å². The zero-order valence-corrected chi connectivity index (χ0v) is 13.7. The van der Waals surface area contributed by atoms with Crippen molar-refractivity contribution in [2.45, 2.75) is 44.6 Å². The molecule has 3 atom stereocenters. The van der Waals surface area contributed by atoms with Gasteiger partial charge in [-0.15, -0.1) is 0 Å². The predicted molar refractivity (Wildman–Crippen MR) is 84.0 cm³/mol. The fourth-order valence-corrected chi connectivity index (χ4v) is 3.87. The molecular weight excluding hydrogens is 334 g/mol. The van der Waals surface area contributed by atoms with E-state index in [-0.39, 0.29) is 18.1 Å². The first-order valence-electron chi connectivity index (χ1n) is 8.25. The van der Waals surface area contributed by atoms with E-state index in [4.69, 9.17) is 0 Å². The first-order valence-corrected chi connectivity index (χ1v) is 8.25. The SMILES string of the molecule is CCN1C(=O)NC(c2ccc(OC(F)F)cc2)C2C(=O)CCCC21O. The first-order chi connectivity index (χ1) is 11.9. The van der Waals surface area contributed by atoms with Gasteiger partial charge in [-0.25, -0.2) is 4.79 Å². The standard InChI is InChI=1S/C17H20F2N2O4/c1-2-21-16(23)20-14(13-12(22)4-3-9-17(13,21)24)10-5-7-11(8-6-10)25-15(18)19/h5-8,13-15,24H,2-4,9H2,1H3,(H,20,23). The lowest BCUT2D eigenvalue weighted by atomic mass is 9.72. The van der Waals surface area contributed by atoms with E-state index in [0.717, 1.165) is 0 Å². The molecule has 1 aromatic carbocycles. The number of ketones is 1. The summed E-state index contributed by atoms with van der Waals surface area (Å²) in [6.45, 7) is -0.909. The second-order valence-electron chi connectivity index (χ2n) is 6.30. The number of nitrogens with one attached hydrogen (secondary N) is 1. The number of rotatable bonds is 4. The van der Waals surface area contributed by atoms with Gasteiger partial charge in [0, 0.05) is 13.0 Å². The Morgan fingerprint density at radius 3 is 2.64 bits per heavy atom. The summed E-state index contributed by atoms with van der Waals surface area (Å²) in [5.74, 6) is -0.938. The molecule has 136 valence electrons. The number of alkyl halides is 2. The monoisotopic (exact) mass is 354 g/mol. The number of nitrogens with zero attached hydrogens (tertiary/aromatic N) is 1. The molecule has 0 radical (unpaired) electrons. The van der Waals surface area contributed by atoms with E-state index in [9.17, 15) is 23.5 Å². The zero-order chi connectivity index (χ0) is 18.2. The number of carbonyl (C=O) groups is 2. The van der Waals surface area contributed by atoms with Crippen LogP contribution < -0.4 is 10.1 Å². The van der Waals surface area contributed by atoms with Crippen molar-refractivity contribution in [3.05, 3.63) is 29.8 Å². The number of carbonyl (C=O) groups excluding carboxylic acids is 2. The van der Waals surface area contributed by atoms with Crippen molar-refractivity contribution in [1.29, 1.82) is 0 Å². The number of Topliss-reactive ketones (excluding diaryl/α,β-unsaturated/α-hetero) is 1. The highest BCUT2D eigenvalue weighted by molar-refractivity contribution is 5.88. The summed E-state index contributed by atoms with van der Waals surface area (Å²) in [7, 11) is 0. The number of fused-ring (bicyclic) bond motifs is 1. The summed E-state index contributed by atoms with van der Waals surface area (Å²) in [5, 5.41) is 13.9. The van der Waals surface area contributed by atoms with Crippen molar-refractivity contribution >= 4 is 11.8 Å². The Bertz CT molecular complexity index is 665. The summed E-state index contributed by atoms with van der Waals surface area (Å²) < 4.78 is 28.9. The van der Waals surface area contributed by atoms with Crippen LogP contribution in [0.1, 0.15) is 37.8 Å². The molecule has 0 spiro atoms. The topological polar surface area (TPSA) is 78.9 Å². The van der Waals surface area contributed by atoms with Crippen molar-refractivity contribution in [3.8, 4) is 5.75 Å². The van der Waals surface area contributed by atoms with Crippen LogP contribution in [0.15, 0.2) is 24.3 Å². The van der Waals surface area contributed by atoms with Crippen LogP contribution in [0, 0.1) is 5.92 Å². The van der Waals surface area contributed by atoms with Gasteiger partial charge >= 0.3 is 12.6 Å². The van der Waals surface area contributed by atoms with Gasteiger partial charge in [0.15, 0.2) is 5.72 Å². The van der Waals surface area contributed by atoms with Crippen LogP contribution in [-0.2, 0) is 4.79 Å². The number of urea groups is 1. The van der Waals surface area contributed by atoms with E-state index in [1.807, 2.05) is 0 Å². The van der Waals surface area contributed by atoms with Crippen molar-refractivity contribution in [1.82, 2.24) is 10.2 Å². The van der Waals surface area contributed by atoms with Crippen LogP contribution in [0.25, 0.3) is 0 Å². The Morgan fingerprint density at radius 1 is 1.36 bits per heavy atom. The van der Waals surface area contributed by atoms with Crippen LogP contribution >= 0.6 is 0 Å². The molecule has 1 aliphatic carbocycles. The van der Waals surface area contributed by atoms with Crippen LogP contribution in [0.4, 0.5) is 13.6 Å². The molecular formula is C17H20F2N2O4. The van der Waals surface area contributed by atoms with Gasteiger partial charge < -0.3 is 15.2 Å². The van der Waals surface area contributed by atoms with Crippen LogP contribution in [0.5, 0.6) is 5.75 Å². The van der Waals surface area contributed by atoms with Gasteiger partial charge in [0.1, 0.15) is 11.5 Å². The minimum absolute atomic E-state index is 0.0127. The highest BCUT2D eigenvalue weighted by atomic mass is 19.3. The molecule has 1 saturated carbocycles. The molecule has 3 rings (SSSR count). The maximum Gasteiger partial charge on any atom is 0.387 e. The molecule has 3 unspecified atom stereocenters. The molecule has 1 heterocycles. The smallest absolute Gasteiger partial charge is 0.387 e. The molecule has 2 fully saturated rings. The van der Waals surface area contributed by atoms with Crippen molar-refractivity contribution in [3.63, 3.8) is 0 Å². The van der Waals surface area contributed by atoms with E-state index in [1.54, 1.807) is 6.92 Å². The van der Waals surface area contributed by atoms with Crippen LogP contribution in [0.2, 0.25) is 0 Å². The molecule has 2 aliphatic rings. The van der Waals surface area contributed by atoms with E-state index < -0.39 is 30.3 Å². The molecule has 1 aliphatic heterocycles. The number of benzene rings is 1. The molecule has 1 saturated heterocycles. The van der Waals surface area contributed by atoms with Gasteiger partial charge in [0.05, 0.1) is 12.0 Å². The zero-order valence-electron chi connectivity index (χ0n) is 13.7. The quantitative estimate of drug-likeness (QED) is 0.870. The number of hydrogen-bond acceptors (Lipinski definition) is 4. The normalized spacial score (nSPS) is 29.4. The molecule has 0 bridgehead atoms. The maximum absolute atomic E-state index is 12.5. The fraction of sp³-hybridized carbons (Fsp3) is 0.529. The van der Waals surface area contributed by atoms with E-state index in [2.05, 4.69) is 10.1 Å². The third-order valence-corrected chi connectivity index (χ3v) is 4.92. The van der Waals surface area contributed by atoms with Gasteiger partial charge in [-0.2, -0.15) is 8.78 Å². The van der Waals surface area contributed by atoms with E-state index in [0.29, 0.717) is 24.8 Å². The maximum atomic E-state index is 12.5. The number of halogens is 2. The molecule has 6 nitrogen and oxygen atoms in total. The second-order valence-corrected chi connectivity index (χ2v) is 6.30. The Balaban J connectivity index is 1.94. The number of hydrogen-bond donors (Lipinski definition) is 2. The average molecular weight is 354 g/mol. The number of aliphatic hydroxyl groups is 1. The Hall–Kier alpha value is -2.22. The second kappa shape index (κ2) is 6.59. The molecule has 25 heavy (non-hydrogen) atoms. The van der Waals surface area contributed by atoms with Crippen molar-refractivity contribution in [2.24, 2.45) is 5.92 Å². The Labute approximate surface area is 143 Å². The van der Waals surface area contributed by atoms with E-state index in [1.165, 1.54) is 29.2 Å². The van der Waals surface area contributed by atoms with Crippen molar-refractivity contribution < 1.29 is 28.2 Å². The molecule has 2 amide bonds. The molecule has 1 aromatic rings. The lowest BCUT2D eigenvalue weighted by molar-refractivity contribution is -0.177. The number of ether oxygens (including phenoxy) is 1. The van der Waals surface area contributed by atoms with Gasteiger partial charge in [0.25, 0.3) is 0 Å². The van der Waals surface area contributed by atoms with Gasteiger partial charge in [-0.05, 0) is 37.5 Å². The lowest BCUT2D eigenvalue weighted by Crippen LogP contribution is -2.69. The van der Waals surface area contributed by atoms with Gasteiger partial charge in [0.2, 0.25) is 0 Å². The average Bonchev–Trinajstić information content (AvgIpc) is 2.54. The summed E-state index contributed by atoms with van der Waals surface area (Å²) >= 11 is 0. The summed E-state index contributed by atoms with van der Waals surface area (Å²) in [5.41, 5.74) is -0.973. The first kappa shape index (κ1) is 17.6. The fourth-order valence-electron chi connectivity index (χ4n) is 3.87. The van der Waals surface area contributed by atoms with Crippen molar-refractivity contribution in [2.75, 3.05) is 6.54 Å². The number of amides is 2. The third kappa shape index (κ3) is 3.06. The highest BCUT2D eigenvalue weighted by Crippen LogP contribution is 2.44. The summed E-state index contributed by atoms with van der Waals surface area (Å²) in [6, 6.07) is 4.58. The largest absolute Gasteiger partial charge is 0.435 e. The lowest BCUT2D eigenvalue weighted by Gasteiger charge is -2.52. The molecule has 8 heteroatoms. The van der Waals surface area contributed by atoms with E-state index >= 15 is 0 Å². The summed E-state index contributed by atoms with van der Waals surface area (Å²) in [4.78, 5) is 26.2. The highest BCUT2D eigenvalue weighted by Gasteiger charge is 2.56. The Morgan fingerprint density at radius 2 is 2.04 bits per heavy atom. The third-order valence-electron chi connectivity index (χ3n) is 4.92. The van der Waals surface area contributed by atoms with Gasteiger partial charge in [-0.1, -0.05) is 12.1 Å².